The van der Waals surface area contributed by atoms with E-state index in [1.807, 2.05) is 40.7 Å². The van der Waals surface area contributed by atoms with Crippen molar-refractivity contribution in [3.63, 3.8) is 0 Å². The molecule has 1 unspecified atom stereocenters. The fourth-order valence-electron chi connectivity index (χ4n) is 2.38. The van der Waals surface area contributed by atoms with Gasteiger partial charge >= 0.3 is 5.97 Å². The maximum Gasteiger partial charge on any atom is 0.323 e. The zero-order valence-electron chi connectivity index (χ0n) is 13.9. The highest BCUT2D eigenvalue weighted by Gasteiger charge is 2.33. The summed E-state index contributed by atoms with van der Waals surface area (Å²) in [6, 6.07) is 4.20. The third kappa shape index (κ3) is 4.46. The highest BCUT2D eigenvalue weighted by Crippen LogP contribution is 2.26. The van der Waals surface area contributed by atoms with Crippen LogP contribution in [0.15, 0.2) is 12.1 Å². The molecule has 0 saturated heterocycles. The van der Waals surface area contributed by atoms with Crippen LogP contribution in [0.25, 0.3) is 0 Å². The maximum atomic E-state index is 11.5. The molecule has 118 valence electrons. The lowest BCUT2D eigenvalue weighted by molar-refractivity contribution is -0.145. The Labute approximate surface area is 127 Å². The average Bonchev–Trinajstić information content (AvgIpc) is 2.37. The predicted molar refractivity (Wildman–Crippen MR) is 85.1 cm³/mol. The summed E-state index contributed by atoms with van der Waals surface area (Å²) in [4.78, 5) is 11.5. The largest absolute Gasteiger partial charge is 0.493 e. The first kappa shape index (κ1) is 17.5. The molecule has 0 fully saturated rings. The maximum absolute atomic E-state index is 11.5. The average molecular weight is 293 g/mol. The minimum absolute atomic E-state index is 0.105. The number of carboxylic acids is 1. The molecule has 1 rings (SSSR count). The van der Waals surface area contributed by atoms with Gasteiger partial charge in [-0.2, -0.15) is 0 Å². The Morgan fingerprint density at radius 2 is 1.86 bits per heavy atom. The number of aryl methyl sites for hydroxylation is 2. The van der Waals surface area contributed by atoms with Gasteiger partial charge in [-0.25, -0.2) is 0 Å². The third-order valence-electron chi connectivity index (χ3n) is 3.80. The van der Waals surface area contributed by atoms with Gasteiger partial charge in [-0.1, -0.05) is 12.1 Å². The normalized spacial score (nSPS) is 14.0. The van der Waals surface area contributed by atoms with Crippen LogP contribution in [-0.4, -0.2) is 29.3 Å². The van der Waals surface area contributed by atoms with E-state index in [2.05, 4.69) is 11.4 Å². The van der Waals surface area contributed by atoms with Crippen molar-refractivity contribution >= 4 is 5.97 Å². The van der Waals surface area contributed by atoms with Crippen molar-refractivity contribution in [2.45, 2.75) is 59.5 Å². The Morgan fingerprint density at radius 1 is 1.29 bits per heavy atom. The van der Waals surface area contributed by atoms with Crippen molar-refractivity contribution in [3.05, 3.63) is 28.8 Å². The number of carbonyl (C=O) groups is 1. The van der Waals surface area contributed by atoms with Gasteiger partial charge < -0.3 is 9.84 Å². The van der Waals surface area contributed by atoms with Crippen LogP contribution < -0.4 is 10.1 Å². The van der Waals surface area contributed by atoms with Crippen molar-refractivity contribution < 1.29 is 14.6 Å². The minimum Gasteiger partial charge on any atom is -0.493 e. The quantitative estimate of drug-likeness (QED) is 0.810. The monoisotopic (exact) mass is 293 g/mol. The van der Waals surface area contributed by atoms with Crippen LogP contribution in [0.4, 0.5) is 0 Å². The lowest BCUT2D eigenvalue weighted by atomic mass is 9.97. The second-order valence-corrected chi connectivity index (χ2v) is 6.19. The first-order valence-electron chi connectivity index (χ1n) is 7.38. The van der Waals surface area contributed by atoms with Crippen LogP contribution in [0.1, 0.15) is 43.9 Å². The lowest BCUT2D eigenvalue weighted by Crippen LogP contribution is -2.53. The second-order valence-electron chi connectivity index (χ2n) is 6.19. The molecule has 0 spiro atoms. The zero-order chi connectivity index (χ0) is 16.2. The molecule has 0 amide bonds. The van der Waals surface area contributed by atoms with E-state index >= 15 is 0 Å². The van der Waals surface area contributed by atoms with Gasteiger partial charge in [0.2, 0.25) is 0 Å². The Balaban J connectivity index is 2.76. The van der Waals surface area contributed by atoms with Gasteiger partial charge in [-0.3, -0.25) is 10.1 Å². The number of aliphatic carboxylic acids is 1. The third-order valence-corrected chi connectivity index (χ3v) is 3.80. The lowest BCUT2D eigenvalue weighted by Gasteiger charge is -2.29. The summed E-state index contributed by atoms with van der Waals surface area (Å²) in [7, 11) is 0. The molecule has 2 N–H and O–H groups in total. The fourth-order valence-corrected chi connectivity index (χ4v) is 2.38. The van der Waals surface area contributed by atoms with E-state index in [4.69, 9.17) is 4.74 Å². The van der Waals surface area contributed by atoms with E-state index in [9.17, 15) is 9.90 Å². The number of nitrogens with one attached hydrogen (secondary N) is 1. The number of rotatable bonds is 7. The SMILES string of the molecule is Cc1ccc(C)c(OCCC(C)(NC(C)C)C(=O)O)c1C. The Bertz CT molecular complexity index is 511. The van der Waals surface area contributed by atoms with Crippen molar-refractivity contribution in [2.75, 3.05) is 6.61 Å². The molecule has 0 aliphatic carbocycles. The summed E-state index contributed by atoms with van der Waals surface area (Å²) in [5.41, 5.74) is 2.40. The van der Waals surface area contributed by atoms with Gasteiger partial charge in [-0.05, 0) is 58.2 Å². The van der Waals surface area contributed by atoms with E-state index in [1.54, 1.807) is 6.92 Å². The number of hydrogen-bond donors (Lipinski definition) is 2. The zero-order valence-corrected chi connectivity index (χ0v) is 13.9. The molecular weight excluding hydrogens is 266 g/mol. The van der Waals surface area contributed by atoms with Crippen LogP contribution in [0, 0.1) is 20.8 Å². The number of carboxylic acid groups (broad SMARTS) is 1. The highest BCUT2D eigenvalue weighted by atomic mass is 16.5. The van der Waals surface area contributed by atoms with E-state index in [-0.39, 0.29) is 6.04 Å². The van der Waals surface area contributed by atoms with Gasteiger partial charge in [-0.15, -0.1) is 0 Å². The molecule has 0 aliphatic rings. The van der Waals surface area contributed by atoms with Crippen molar-refractivity contribution in [1.29, 1.82) is 0 Å². The number of hydrogen-bond acceptors (Lipinski definition) is 3. The van der Waals surface area contributed by atoms with Gasteiger partial charge in [0.1, 0.15) is 11.3 Å². The molecule has 0 saturated carbocycles. The van der Waals surface area contributed by atoms with Crippen molar-refractivity contribution in [1.82, 2.24) is 5.32 Å². The first-order valence-corrected chi connectivity index (χ1v) is 7.38. The smallest absolute Gasteiger partial charge is 0.323 e. The summed E-state index contributed by atoms with van der Waals surface area (Å²) in [6.07, 6.45) is 0.410. The van der Waals surface area contributed by atoms with Crippen LogP contribution in [0.5, 0.6) is 5.75 Å². The van der Waals surface area contributed by atoms with E-state index in [1.165, 1.54) is 5.56 Å². The first-order chi connectivity index (χ1) is 9.67. The standard InChI is InChI=1S/C17H27NO3/c1-11(2)18-17(6,16(19)20)9-10-21-15-13(4)8-7-12(3)14(15)5/h7-8,11,18H,9-10H2,1-6H3,(H,19,20). The molecule has 0 bridgehead atoms. The van der Waals surface area contributed by atoms with Gasteiger partial charge in [0, 0.05) is 12.5 Å². The van der Waals surface area contributed by atoms with Crippen molar-refractivity contribution in [3.8, 4) is 5.75 Å². The summed E-state index contributed by atoms with van der Waals surface area (Å²) < 4.78 is 5.87. The second kappa shape index (κ2) is 6.94. The van der Waals surface area contributed by atoms with E-state index in [0.717, 1.165) is 16.9 Å². The fraction of sp³-hybridized carbons (Fsp3) is 0.588. The van der Waals surface area contributed by atoms with Crippen LogP contribution >= 0.6 is 0 Å². The molecule has 1 atom stereocenters. The van der Waals surface area contributed by atoms with Crippen LogP contribution in [0.3, 0.4) is 0 Å². The Kier molecular flexibility index (Phi) is 5.78. The van der Waals surface area contributed by atoms with E-state index < -0.39 is 11.5 Å². The van der Waals surface area contributed by atoms with Gasteiger partial charge in [0.15, 0.2) is 0 Å². The topological polar surface area (TPSA) is 58.6 Å². The Hall–Kier alpha value is -1.55. The predicted octanol–water partition coefficient (Wildman–Crippen LogP) is 3.22. The summed E-state index contributed by atoms with van der Waals surface area (Å²) in [5.74, 6) is 0.0183. The van der Waals surface area contributed by atoms with Crippen LogP contribution in [0.2, 0.25) is 0 Å². The number of benzene rings is 1. The molecule has 1 aromatic carbocycles. The van der Waals surface area contributed by atoms with E-state index in [0.29, 0.717) is 13.0 Å². The molecular formula is C17H27NO3. The van der Waals surface area contributed by atoms with Gasteiger partial charge in [0.25, 0.3) is 0 Å². The van der Waals surface area contributed by atoms with Crippen LogP contribution in [-0.2, 0) is 4.79 Å². The minimum atomic E-state index is -0.972. The Morgan fingerprint density at radius 3 is 2.38 bits per heavy atom. The summed E-state index contributed by atoms with van der Waals surface area (Å²) in [6.45, 7) is 12.0. The highest BCUT2D eigenvalue weighted by molar-refractivity contribution is 5.78. The molecule has 1 aromatic rings. The molecule has 4 nitrogen and oxygen atoms in total. The number of ether oxygens (including phenoxy) is 1. The molecule has 0 aromatic heterocycles. The molecule has 4 heteroatoms. The molecule has 0 aliphatic heterocycles. The molecule has 0 heterocycles. The van der Waals surface area contributed by atoms with Gasteiger partial charge in [0.05, 0.1) is 6.61 Å². The molecule has 0 radical (unpaired) electrons. The summed E-state index contributed by atoms with van der Waals surface area (Å²) in [5, 5.41) is 12.5. The van der Waals surface area contributed by atoms with Crippen molar-refractivity contribution in [2.24, 2.45) is 0 Å². The summed E-state index contributed by atoms with van der Waals surface area (Å²) >= 11 is 0. The molecule has 21 heavy (non-hydrogen) atoms.